The largest absolute Gasteiger partial charge is 0.495 e. The number of nitrogens with one attached hydrogen (secondary N) is 1. The Balaban J connectivity index is 1.59. The maximum atomic E-state index is 13.4. The zero-order valence-corrected chi connectivity index (χ0v) is 19.2. The second kappa shape index (κ2) is 8.31. The molecule has 4 rings (SSSR count). The predicted molar refractivity (Wildman–Crippen MR) is 117 cm³/mol. The highest BCUT2D eigenvalue weighted by atomic mass is 32.2. The highest BCUT2D eigenvalue weighted by molar-refractivity contribution is 7.89. The molecule has 2 aromatic rings. The van der Waals surface area contributed by atoms with Gasteiger partial charge >= 0.3 is 0 Å². The van der Waals surface area contributed by atoms with E-state index in [0.717, 1.165) is 30.8 Å². The number of benzene rings is 1. The molecule has 2 saturated carbocycles. The average Bonchev–Trinajstić information content (AvgIpc) is 3.64. The first-order valence-corrected chi connectivity index (χ1v) is 12.3. The number of nitrogens with zero attached hydrogens (tertiary/aromatic N) is 1. The van der Waals surface area contributed by atoms with E-state index in [4.69, 9.17) is 9.15 Å². The predicted octanol–water partition coefficient (Wildman–Crippen LogP) is 3.90. The van der Waals surface area contributed by atoms with Crippen molar-refractivity contribution in [1.82, 2.24) is 9.62 Å². The van der Waals surface area contributed by atoms with Gasteiger partial charge in [0.2, 0.25) is 10.0 Å². The van der Waals surface area contributed by atoms with Crippen molar-refractivity contribution in [3.8, 4) is 5.75 Å². The van der Waals surface area contributed by atoms with Crippen LogP contribution < -0.4 is 9.46 Å². The number of sulfonamides is 1. The van der Waals surface area contributed by atoms with Gasteiger partial charge in [0, 0.05) is 23.6 Å². The highest BCUT2D eigenvalue weighted by Crippen LogP contribution is 2.47. The SMILES string of the molecule is COc1ccc(C(=O)N(Cc2ccc(C3CC3C)o2)C2CC2)cc1S(=O)(=O)NC(C)C. The Bertz CT molecular complexity index is 1070. The van der Waals surface area contributed by atoms with E-state index in [1.807, 2.05) is 12.1 Å². The summed E-state index contributed by atoms with van der Waals surface area (Å²) in [5, 5.41) is 0. The first-order chi connectivity index (χ1) is 14.7. The number of rotatable bonds is 9. The van der Waals surface area contributed by atoms with Crippen LogP contribution in [0.4, 0.5) is 0 Å². The lowest BCUT2D eigenvalue weighted by Crippen LogP contribution is -2.33. The van der Waals surface area contributed by atoms with Gasteiger partial charge in [-0.25, -0.2) is 13.1 Å². The van der Waals surface area contributed by atoms with E-state index in [9.17, 15) is 13.2 Å². The average molecular weight is 447 g/mol. The topological polar surface area (TPSA) is 88.8 Å². The van der Waals surface area contributed by atoms with E-state index in [0.29, 0.717) is 23.9 Å². The Morgan fingerprint density at radius 3 is 2.55 bits per heavy atom. The smallest absolute Gasteiger partial charge is 0.254 e. The molecule has 1 amide bonds. The summed E-state index contributed by atoms with van der Waals surface area (Å²) in [6, 6.07) is 8.38. The molecule has 2 atom stereocenters. The van der Waals surface area contributed by atoms with E-state index >= 15 is 0 Å². The first-order valence-electron chi connectivity index (χ1n) is 10.8. The standard InChI is InChI=1S/C23H30N2O5S/c1-14(2)24-31(27,28)22-12-16(5-9-21(22)29-4)23(26)25(17-6-7-17)13-18-8-10-20(30-18)19-11-15(19)3/h5,8-10,12,14-15,17,19,24H,6-7,11,13H2,1-4H3. The lowest BCUT2D eigenvalue weighted by atomic mass is 10.1. The quantitative estimate of drug-likeness (QED) is 0.631. The molecule has 1 aromatic carbocycles. The molecule has 0 saturated heterocycles. The molecule has 168 valence electrons. The van der Waals surface area contributed by atoms with Crippen LogP contribution in [-0.2, 0) is 16.6 Å². The second-order valence-electron chi connectivity index (χ2n) is 8.93. The van der Waals surface area contributed by atoms with Crippen LogP contribution in [0.2, 0.25) is 0 Å². The molecule has 2 aliphatic rings. The molecular weight excluding hydrogens is 416 g/mol. The molecule has 1 N–H and O–H groups in total. The molecule has 1 aromatic heterocycles. The number of methoxy groups -OCH3 is 1. The third-order valence-electron chi connectivity index (χ3n) is 5.82. The van der Waals surface area contributed by atoms with Crippen molar-refractivity contribution in [2.24, 2.45) is 5.92 Å². The minimum absolute atomic E-state index is 0.0340. The van der Waals surface area contributed by atoms with Crippen LogP contribution in [0.1, 0.15) is 67.8 Å². The zero-order chi connectivity index (χ0) is 22.3. The Hall–Kier alpha value is -2.32. The fraction of sp³-hybridized carbons (Fsp3) is 0.522. The van der Waals surface area contributed by atoms with E-state index in [1.54, 1.807) is 24.8 Å². The van der Waals surface area contributed by atoms with Crippen molar-refractivity contribution < 1.29 is 22.4 Å². The molecule has 0 spiro atoms. The van der Waals surface area contributed by atoms with Crippen LogP contribution in [-0.4, -0.2) is 38.4 Å². The number of carbonyl (C=O) groups excluding carboxylic acids is 1. The Morgan fingerprint density at radius 1 is 1.26 bits per heavy atom. The second-order valence-corrected chi connectivity index (χ2v) is 10.6. The van der Waals surface area contributed by atoms with Crippen molar-refractivity contribution in [3.05, 3.63) is 47.4 Å². The molecule has 2 unspecified atom stereocenters. The molecule has 0 aliphatic heterocycles. The maximum absolute atomic E-state index is 13.4. The van der Waals surface area contributed by atoms with E-state index in [-0.39, 0.29) is 28.6 Å². The fourth-order valence-corrected chi connectivity index (χ4v) is 5.32. The molecule has 8 heteroatoms. The number of hydrogen-bond acceptors (Lipinski definition) is 5. The van der Waals surface area contributed by atoms with E-state index in [1.165, 1.54) is 19.2 Å². The molecule has 7 nitrogen and oxygen atoms in total. The molecule has 1 heterocycles. The van der Waals surface area contributed by atoms with Gasteiger partial charge in [-0.1, -0.05) is 6.92 Å². The van der Waals surface area contributed by atoms with Crippen LogP contribution in [0.25, 0.3) is 0 Å². The van der Waals surface area contributed by atoms with Crippen molar-refractivity contribution in [2.75, 3.05) is 7.11 Å². The number of carbonyl (C=O) groups is 1. The van der Waals surface area contributed by atoms with Crippen LogP contribution in [0.3, 0.4) is 0 Å². The van der Waals surface area contributed by atoms with Crippen LogP contribution in [0.5, 0.6) is 5.75 Å². The first kappa shape index (κ1) is 21.9. The van der Waals surface area contributed by atoms with Gasteiger partial charge < -0.3 is 14.1 Å². The summed E-state index contributed by atoms with van der Waals surface area (Å²) in [4.78, 5) is 15.1. The van der Waals surface area contributed by atoms with Gasteiger partial charge in [0.25, 0.3) is 5.91 Å². The van der Waals surface area contributed by atoms with Crippen molar-refractivity contribution >= 4 is 15.9 Å². The summed E-state index contributed by atoms with van der Waals surface area (Å²) in [7, 11) is -2.40. The molecule has 0 radical (unpaired) electrons. The van der Waals surface area contributed by atoms with Gasteiger partial charge in [-0.2, -0.15) is 0 Å². The van der Waals surface area contributed by atoms with E-state index in [2.05, 4.69) is 11.6 Å². The number of hydrogen-bond donors (Lipinski definition) is 1. The Labute approximate surface area is 183 Å². The monoisotopic (exact) mass is 446 g/mol. The lowest BCUT2D eigenvalue weighted by molar-refractivity contribution is 0.0716. The third kappa shape index (κ3) is 4.80. The normalized spacial score (nSPS) is 20.7. The summed E-state index contributed by atoms with van der Waals surface area (Å²) in [5.74, 6) is 2.89. The zero-order valence-electron chi connectivity index (χ0n) is 18.4. The Kier molecular flexibility index (Phi) is 5.87. The van der Waals surface area contributed by atoms with Gasteiger partial charge in [-0.15, -0.1) is 0 Å². The Morgan fingerprint density at radius 2 is 1.97 bits per heavy atom. The number of furan rings is 1. The van der Waals surface area contributed by atoms with Crippen molar-refractivity contribution in [3.63, 3.8) is 0 Å². The molecular formula is C23H30N2O5S. The molecule has 31 heavy (non-hydrogen) atoms. The van der Waals surface area contributed by atoms with Gasteiger partial charge in [-0.3, -0.25) is 4.79 Å². The van der Waals surface area contributed by atoms with Crippen molar-refractivity contribution in [1.29, 1.82) is 0 Å². The highest BCUT2D eigenvalue weighted by Gasteiger charge is 2.38. The summed E-state index contributed by atoms with van der Waals surface area (Å²) >= 11 is 0. The number of amides is 1. The maximum Gasteiger partial charge on any atom is 0.254 e. The van der Waals surface area contributed by atoms with Gasteiger partial charge in [0.1, 0.15) is 22.2 Å². The lowest BCUT2D eigenvalue weighted by Gasteiger charge is -2.22. The van der Waals surface area contributed by atoms with Crippen LogP contribution in [0.15, 0.2) is 39.6 Å². The summed E-state index contributed by atoms with van der Waals surface area (Å²) < 4.78 is 39.4. The molecule has 2 aliphatic carbocycles. The van der Waals surface area contributed by atoms with Gasteiger partial charge in [-0.05, 0) is 69.4 Å². The van der Waals surface area contributed by atoms with Crippen molar-refractivity contribution in [2.45, 2.75) is 69.5 Å². The van der Waals surface area contributed by atoms with Gasteiger partial charge in [0.15, 0.2) is 0 Å². The minimum atomic E-state index is -3.82. The van der Waals surface area contributed by atoms with Gasteiger partial charge in [0.05, 0.1) is 13.7 Å². The van der Waals surface area contributed by atoms with Crippen LogP contribution >= 0.6 is 0 Å². The van der Waals surface area contributed by atoms with E-state index < -0.39 is 10.0 Å². The van der Waals surface area contributed by atoms with Crippen LogP contribution in [0, 0.1) is 5.92 Å². The fourth-order valence-electron chi connectivity index (χ4n) is 3.88. The minimum Gasteiger partial charge on any atom is -0.495 e. The summed E-state index contributed by atoms with van der Waals surface area (Å²) in [6.45, 7) is 6.07. The number of ether oxygens (including phenoxy) is 1. The summed E-state index contributed by atoms with van der Waals surface area (Å²) in [5.41, 5.74) is 0.319. The molecule has 0 bridgehead atoms. The molecule has 2 fully saturated rings. The summed E-state index contributed by atoms with van der Waals surface area (Å²) in [6.07, 6.45) is 3.02. The third-order valence-corrected chi connectivity index (χ3v) is 7.50.